The number of para-hydroxylation sites is 1. The summed E-state index contributed by atoms with van der Waals surface area (Å²) in [7, 11) is -4.33. The average Bonchev–Trinajstić information content (AvgIpc) is 2.96. The molecule has 3 rings (SSSR count). The van der Waals surface area contributed by atoms with Crippen molar-refractivity contribution in [1.29, 1.82) is 0 Å². The molecule has 11 nitrogen and oxygen atoms in total. The second-order valence-electron chi connectivity index (χ2n) is 7.77. The number of carboxylic acid groups (broad SMARTS) is 1. The molecular weight excluding hydrogens is 462 g/mol. The van der Waals surface area contributed by atoms with Crippen LogP contribution in [-0.2, 0) is 28.2 Å². The largest absolute Gasteiger partial charge is 0.480 e. The molecule has 0 saturated carbocycles. The highest BCUT2D eigenvalue weighted by molar-refractivity contribution is 7.52. The first-order valence-electron chi connectivity index (χ1n) is 9.97. The van der Waals surface area contributed by atoms with Gasteiger partial charge in [-0.05, 0) is 32.1 Å². The van der Waals surface area contributed by atoms with Gasteiger partial charge in [0, 0.05) is 6.20 Å². The Morgan fingerprint density at radius 2 is 2.06 bits per heavy atom. The van der Waals surface area contributed by atoms with Gasteiger partial charge in [0.15, 0.2) is 17.7 Å². The third-order valence-corrected chi connectivity index (χ3v) is 6.75. The molecule has 33 heavy (non-hydrogen) atoms. The molecule has 180 valence electrons. The van der Waals surface area contributed by atoms with E-state index in [1.165, 1.54) is 19.1 Å². The van der Waals surface area contributed by atoms with Crippen LogP contribution in [0.4, 0.5) is 4.39 Å². The van der Waals surface area contributed by atoms with Crippen LogP contribution in [0, 0.1) is 0 Å². The highest BCUT2D eigenvalue weighted by atomic mass is 31.2. The Balaban J connectivity index is 1.76. The molecule has 2 aliphatic rings. The van der Waals surface area contributed by atoms with Gasteiger partial charge >= 0.3 is 13.7 Å². The highest BCUT2D eigenvalue weighted by Gasteiger charge is 2.57. The van der Waals surface area contributed by atoms with Crippen LogP contribution in [0.15, 0.2) is 42.6 Å². The third-order valence-electron chi connectivity index (χ3n) is 5.10. The van der Waals surface area contributed by atoms with Crippen LogP contribution in [-0.4, -0.2) is 69.5 Å². The van der Waals surface area contributed by atoms with Gasteiger partial charge in [0.05, 0.1) is 13.0 Å². The molecule has 2 aliphatic heterocycles. The topological polar surface area (TPSA) is 152 Å². The number of nitrogens with zero attached hydrogens (tertiary/aromatic N) is 1. The third kappa shape index (κ3) is 5.66. The van der Waals surface area contributed by atoms with E-state index in [0.29, 0.717) is 0 Å². The standard InChI is InChI=1S/C20H24FN2O9P/c1-12(18(27)28)22-33(29,32-14-6-4-3-5-7-14)30-11-15-17(26)20(2,21)19(31-15)23-9-8-13(24)10-16(23)25/h3-9,12,15,17,19,26H,10-11H2,1-2H3,(H,22,29)(H,27,28)/t12-,15+,17+,19+,20+,33?/m0/s1. The molecule has 1 aromatic carbocycles. The van der Waals surface area contributed by atoms with Gasteiger partial charge in [-0.15, -0.1) is 0 Å². The molecule has 1 aromatic rings. The van der Waals surface area contributed by atoms with Crippen molar-refractivity contribution in [3.05, 3.63) is 42.6 Å². The molecule has 1 fully saturated rings. The van der Waals surface area contributed by atoms with Crippen LogP contribution < -0.4 is 9.61 Å². The summed E-state index contributed by atoms with van der Waals surface area (Å²) >= 11 is 0. The zero-order valence-electron chi connectivity index (χ0n) is 17.8. The van der Waals surface area contributed by atoms with Gasteiger partial charge in [-0.1, -0.05) is 18.2 Å². The van der Waals surface area contributed by atoms with Crippen LogP contribution in [0.3, 0.4) is 0 Å². The summed E-state index contributed by atoms with van der Waals surface area (Å²) in [6.07, 6.45) is -3.07. The fraction of sp³-hybridized carbons (Fsp3) is 0.450. The van der Waals surface area contributed by atoms with E-state index in [4.69, 9.17) is 18.9 Å². The van der Waals surface area contributed by atoms with E-state index in [9.17, 15) is 24.1 Å². The maximum absolute atomic E-state index is 15.3. The number of alkyl halides is 1. The summed E-state index contributed by atoms with van der Waals surface area (Å²) in [5, 5.41) is 21.9. The molecule has 1 unspecified atom stereocenters. The van der Waals surface area contributed by atoms with E-state index >= 15 is 4.39 Å². The summed E-state index contributed by atoms with van der Waals surface area (Å²) in [6, 6.07) is 6.47. The summed E-state index contributed by atoms with van der Waals surface area (Å²) in [5.74, 6) is -2.37. The number of amides is 1. The first kappa shape index (κ1) is 25.0. The first-order chi connectivity index (χ1) is 15.4. The van der Waals surface area contributed by atoms with Crippen molar-refractivity contribution in [3.8, 4) is 5.75 Å². The van der Waals surface area contributed by atoms with Gasteiger partial charge < -0.3 is 19.5 Å². The van der Waals surface area contributed by atoms with Gasteiger partial charge in [-0.2, -0.15) is 5.09 Å². The van der Waals surface area contributed by atoms with Gasteiger partial charge in [0.1, 0.15) is 24.0 Å². The molecule has 3 N–H and O–H groups in total. The quantitative estimate of drug-likeness (QED) is 0.345. The summed E-state index contributed by atoms with van der Waals surface area (Å²) in [5.41, 5.74) is -2.46. The van der Waals surface area contributed by atoms with Crippen LogP contribution in [0.5, 0.6) is 5.75 Å². The fourth-order valence-electron chi connectivity index (χ4n) is 3.28. The van der Waals surface area contributed by atoms with Crippen LogP contribution in [0.1, 0.15) is 20.3 Å². The number of carbonyl (C=O) groups excluding carboxylic acids is 2. The minimum absolute atomic E-state index is 0.112. The second kappa shape index (κ2) is 9.70. The van der Waals surface area contributed by atoms with Gasteiger partial charge in [0.25, 0.3) is 0 Å². The molecule has 13 heteroatoms. The minimum Gasteiger partial charge on any atom is -0.480 e. The van der Waals surface area contributed by atoms with Crippen LogP contribution in [0.25, 0.3) is 0 Å². The number of aliphatic hydroxyl groups is 1. The molecule has 1 amide bonds. The molecule has 2 heterocycles. The SMILES string of the molecule is C[C@H](NP(=O)(OC[C@H]1O[C@@H](N2C=CC(=O)CC2=O)[C@](C)(F)[C@@H]1O)Oc1ccccc1)C(=O)O. The minimum atomic E-state index is -4.33. The van der Waals surface area contributed by atoms with Crippen LogP contribution in [0.2, 0.25) is 0 Å². The van der Waals surface area contributed by atoms with Crippen molar-refractivity contribution in [2.24, 2.45) is 0 Å². The van der Waals surface area contributed by atoms with Crippen molar-refractivity contribution in [3.63, 3.8) is 0 Å². The molecular formula is C20H24FN2O9P. The number of aliphatic hydroxyl groups excluding tert-OH is 1. The number of aliphatic carboxylic acids is 1. The number of nitrogens with one attached hydrogen (secondary N) is 1. The van der Waals surface area contributed by atoms with Crippen molar-refractivity contribution in [2.45, 2.75) is 50.4 Å². The normalized spacial score (nSPS) is 30.2. The number of allylic oxidation sites excluding steroid dienone is 1. The maximum atomic E-state index is 15.3. The Morgan fingerprint density at radius 1 is 1.39 bits per heavy atom. The number of ketones is 1. The van der Waals surface area contributed by atoms with E-state index < -0.39 is 68.6 Å². The predicted molar refractivity (Wildman–Crippen MR) is 111 cm³/mol. The molecule has 6 atom stereocenters. The van der Waals surface area contributed by atoms with Crippen LogP contribution >= 0.6 is 7.75 Å². The lowest BCUT2D eigenvalue weighted by atomic mass is 9.97. The van der Waals surface area contributed by atoms with Gasteiger partial charge in [-0.25, -0.2) is 8.96 Å². The van der Waals surface area contributed by atoms with E-state index in [1.54, 1.807) is 18.2 Å². The lowest BCUT2D eigenvalue weighted by molar-refractivity contribution is -0.150. The lowest BCUT2D eigenvalue weighted by Crippen LogP contribution is -2.51. The molecule has 1 saturated heterocycles. The monoisotopic (exact) mass is 486 g/mol. The Hall–Kier alpha value is -2.63. The number of hydrogen-bond acceptors (Lipinski definition) is 8. The summed E-state index contributed by atoms with van der Waals surface area (Å²) in [4.78, 5) is 35.6. The Morgan fingerprint density at radius 3 is 2.67 bits per heavy atom. The number of rotatable bonds is 9. The Labute approximate surface area is 188 Å². The van der Waals surface area contributed by atoms with E-state index in [0.717, 1.165) is 24.1 Å². The van der Waals surface area contributed by atoms with Crippen molar-refractivity contribution in [1.82, 2.24) is 9.99 Å². The highest BCUT2D eigenvalue weighted by Crippen LogP contribution is 2.46. The van der Waals surface area contributed by atoms with Crippen molar-refractivity contribution < 1.29 is 47.3 Å². The number of carbonyl (C=O) groups is 3. The smallest absolute Gasteiger partial charge is 0.459 e. The van der Waals surface area contributed by atoms with Crippen molar-refractivity contribution in [2.75, 3.05) is 6.61 Å². The molecule has 0 bridgehead atoms. The second-order valence-corrected chi connectivity index (χ2v) is 9.46. The van der Waals surface area contributed by atoms with Gasteiger partial charge in [0.2, 0.25) is 5.91 Å². The average molecular weight is 486 g/mol. The number of halogens is 1. The van der Waals surface area contributed by atoms with E-state index in [1.807, 2.05) is 0 Å². The lowest BCUT2D eigenvalue weighted by Gasteiger charge is -2.32. The molecule has 0 aliphatic carbocycles. The zero-order valence-corrected chi connectivity index (χ0v) is 18.7. The van der Waals surface area contributed by atoms with E-state index in [-0.39, 0.29) is 5.75 Å². The Kier molecular flexibility index (Phi) is 7.35. The number of carboxylic acids is 1. The summed E-state index contributed by atoms with van der Waals surface area (Å²) in [6.45, 7) is 1.58. The number of ether oxygens (including phenoxy) is 1. The Bertz CT molecular complexity index is 987. The maximum Gasteiger partial charge on any atom is 0.459 e. The number of benzene rings is 1. The molecule has 0 aromatic heterocycles. The summed E-state index contributed by atoms with van der Waals surface area (Å²) < 4.78 is 44.7. The first-order valence-corrected chi connectivity index (χ1v) is 11.5. The predicted octanol–water partition coefficient (Wildman–Crippen LogP) is 1.38. The van der Waals surface area contributed by atoms with E-state index in [2.05, 4.69) is 5.09 Å². The van der Waals surface area contributed by atoms with Crippen molar-refractivity contribution >= 4 is 25.4 Å². The molecule has 0 radical (unpaired) electrons. The van der Waals surface area contributed by atoms with Gasteiger partial charge in [-0.3, -0.25) is 23.8 Å². The fourth-order valence-corrected chi connectivity index (χ4v) is 4.79. The number of hydrogen-bond donors (Lipinski definition) is 3. The molecule has 0 spiro atoms. The zero-order chi connectivity index (χ0) is 24.4.